The van der Waals surface area contributed by atoms with Gasteiger partial charge in [0.05, 0.1) is 5.69 Å². The van der Waals surface area contributed by atoms with Crippen molar-refractivity contribution in [3.05, 3.63) is 52.8 Å². The summed E-state index contributed by atoms with van der Waals surface area (Å²) < 4.78 is 43.1. The quantitative estimate of drug-likeness (QED) is 0.594. The number of carbonyl (C=O) groups is 1. The van der Waals surface area contributed by atoms with E-state index in [1.165, 1.54) is 6.07 Å². The number of amides is 1. The highest BCUT2D eigenvalue weighted by atomic mass is 19.4. The maximum Gasteiger partial charge on any atom is 0.433 e. The highest BCUT2D eigenvalue weighted by Crippen LogP contribution is 2.40. The Bertz CT molecular complexity index is 1140. The third kappa shape index (κ3) is 3.05. The third-order valence-electron chi connectivity index (χ3n) is 6.18. The van der Waals surface area contributed by atoms with Crippen molar-refractivity contribution in [2.45, 2.75) is 38.8 Å². The zero-order valence-corrected chi connectivity index (χ0v) is 16.5. The molecule has 0 radical (unpaired) electrons. The molecule has 5 rings (SSSR count). The first-order valence-electron chi connectivity index (χ1n) is 10.2. The second-order valence-corrected chi connectivity index (χ2v) is 8.22. The number of benzene rings is 1. The second kappa shape index (κ2) is 6.82. The van der Waals surface area contributed by atoms with Gasteiger partial charge in [-0.1, -0.05) is 31.2 Å². The fourth-order valence-electron chi connectivity index (χ4n) is 4.50. The Morgan fingerprint density at radius 2 is 1.87 bits per heavy atom. The van der Waals surface area contributed by atoms with Crippen molar-refractivity contribution in [1.82, 2.24) is 19.5 Å². The highest BCUT2D eigenvalue weighted by Gasteiger charge is 2.40. The van der Waals surface area contributed by atoms with Gasteiger partial charge in [-0.3, -0.25) is 4.79 Å². The molecule has 2 aromatic heterocycles. The standard InChI is InChI=1S/C22H21F3N4O/c1-13-8-10-28(11-9-13)21(30)17-12-18-26-19-15-5-3-2-4-14(15)6-7-16(19)20(22(23,24)25)29(18)27-17/h2-5,12-13H,6-11H2,1H3. The summed E-state index contributed by atoms with van der Waals surface area (Å²) in [5.41, 5.74) is 1.40. The molecule has 3 aromatic rings. The Morgan fingerprint density at radius 3 is 2.60 bits per heavy atom. The van der Waals surface area contributed by atoms with Gasteiger partial charge in [0, 0.05) is 30.3 Å². The number of halogens is 3. The van der Waals surface area contributed by atoms with Crippen LogP contribution in [0.4, 0.5) is 13.2 Å². The van der Waals surface area contributed by atoms with Gasteiger partial charge in [-0.05, 0) is 37.2 Å². The molecule has 0 unspecified atom stereocenters. The van der Waals surface area contributed by atoms with E-state index in [0.717, 1.165) is 22.9 Å². The molecule has 0 saturated carbocycles. The molecule has 3 heterocycles. The van der Waals surface area contributed by atoms with Crippen LogP contribution in [0.3, 0.4) is 0 Å². The molecule has 1 aliphatic carbocycles. The number of piperidine rings is 1. The second-order valence-electron chi connectivity index (χ2n) is 8.22. The minimum absolute atomic E-state index is 0.0122. The highest BCUT2D eigenvalue weighted by molar-refractivity contribution is 5.93. The van der Waals surface area contributed by atoms with Gasteiger partial charge < -0.3 is 4.90 Å². The maximum atomic E-state index is 14.1. The lowest BCUT2D eigenvalue weighted by molar-refractivity contribution is -0.143. The number of alkyl halides is 3. The molecular formula is C22H21F3N4O. The predicted octanol–water partition coefficient (Wildman–Crippen LogP) is 4.39. The van der Waals surface area contributed by atoms with Crippen molar-refractivity contribution < 1.29 is 18.0 Å². The van der Waals surface area contributed by atoms with Gasteiger partial charge >= 0.3 is 6.18 Å². The Kier molecular flexibility index (Phi) is 4.34. The van der Waals surface area contributed by atoms with E-state index in [-0.39, 0.29) is 29.2 Å². The van der Waals surface area contributed by atoms with E-state index in [0.29, 0.717) is 36.7 Å². The summed E-state index contributed by atoms with van der Waals surface area (Å²) >= 11 is 0. The first kappa shape index (κ1) is 19.1. The van der Waals surface area contributed by atoms with Crippen molar-refractivity contribution in [3.63, 3.8) is 0 Å². The van der Waals surface area contributed by atoms with E-state index in [4.69, 9.17) is 0 Å². The maximum absolute atomic E-state index is 14.1. The molecule has 1 fully saturated rings. The number of nitrogens with zero attached hydrogens (tertiary/aromatic N) is 4. The minimum atomic E-state index is -4.61. The van der Waals surface area contributed by atoms with Crippen LogP contribution in [0.25, 0.3) is 16.9 Å². The third-order valence-corrected chi connectivity index (χ3v) is 6.18. The van der Waals surface area contributed by atoms with Gasteiger partial charge in [-0.25, -0.2) is 9.50 Å². The summed E-state index contributed by atoms with van der Waals surface area (Å²) in [5, 5.41) is 4.08. The average Bonchev–Trinajstić information content (AvgIpc) is 3.14. The molecule has 30 heavy (non-hydrogen) atoms. The molecule has 0 atom stereocenters. The van der Waals surface area contributed by atoms with Crippen LogP contribution in [0.5, 0.6) is 0 Å². The fourth-order valence-corrected chi connectivity index (χ4v) is 4.50. The fraction of sp³-hybridized carbons (Fsp3) is 0.409. The number of rotatable bonds is 1. The number of hydrogen-bond donors (Lipinski definition) is 0. The molecule has 156 valence electrons. The molecule has 1 aromatic carbocycles. The van der Waals surface area contributed by atoms with E-state index in [1.54, 1.807) is 17.0 Å². The molecule has 0 spiro atoms. The normalized spacial score (nSPS) is 17.1. The van der Waals surface area contributed by atoms with Gasteiger partial charge in [-0.2, -0.15) is 18.3 Å². The number of carbonyl (C=O) groups excluding carboxylic acids is 1. The molecule has 1 aliphatic heterocycles. The summed E-state index contributed by atoms with van der Waals surface area (Å²) in [6.45, 7) is 3.32. The van der Waals surface area contributed by atoms with Crippen LogP contribution >= 0.6 is 0 Å². The molecular weight excluding hydrogens is 393 g/mol. The summed E-state index contributed by atoms with van der Waals surface area (Å²) in [5.74, 6) is 0.208. The molecule has 0 N–H and O–H groups in total. The van der Waals surface area contributed by atoms with Gasteiger partial charge in [0.25, 0.3) is 5.91 Å². The molecule has 0 bridgehead atoms. The Morgan fingerprint density at radius 1 is 1.13 bits per heavy atom. The van der Waals surface area contributed by atoms with Crippen LogP contribution in [0.15, 0.2) is 30.3 Å². The Labute approximate surface area is 171 Å². The monoisotopic (exact) mass is 414 g/mol. The molecule has 1 amide bonds. The Balaban J connectivity index is 1.66. The average molecular weight is 414 g/mol. The lowest BCUT2D eigenvalue weighted by Crippen LogP contribution is -2.38. The zero-order chi connectivity index (χ0) is 21.0. The van der Waals surface area contributed by atoms with Crippen molar-refractivity contribution in [3.8, 4) is 11.3 Å². The van der Waals surface area contributed by atoms with Crippen LogP contribution in [0.1, 0.15) is 47.1 Å². The van der Waals surface area contributed by atoms with E-state index in [9.17, 15) is 18.0 Å². The largest absolute Gasteiger partial charge is 0.433 e. The van der Waals surface area contributed by atoms with Crippen LogP contribution in [-0.4, -0.2) is 38.5 Å². The molecule has 8 heteroatoms. The van der Waals surface area contributed by atoms with Crippen molar-refractivity contribution in [1.29, 1.82) is 0 Å². The minimum Gasteiger partial charge on any atom is -0.337 e. The molecule has 1 saturated heterocycles. The topological polar surface area (TPSA) is 50.5 Å². The number of aryl methyl sites for hydroxylation is 1. The lowest BCUT2D eigenvalue weighted by Gasteiger charge is -2.29. The smallest absolute Gasteiger partial charge is 0.337 e. The number of fused-ring (bicyclic) bond motifs is 4. The molecule has 2 aliphatic rings. The van der Waals surface area contributed by atoms with E-state index in [1.807, 2.05) is 12.1 Å². The van der Waals surface area contributed by atoms with E-state index < -0.39 is 11.9 Å². The van der Waals surface area contributed by atoms with Crippen LogP contribution in [0.2, 0.25) is 0 Å². The van der Waals surface area contributed by atoms with Gasteiger partial charge in [0.2, 0.25) is 0 Å². The summed E-state index contributed by atoms with van der Waals surface area (Å²) in [6.07, 6.45) is -2.09. The molecule has 5 nitrogen and oxygen atoms in total. The zero-order valence-electron chi connectivity index (χ0n) is 16.5. The number of likely N-dealkylation sites (tertiary alicyclic amines) is 1. The van der Waals surface area contributed by atoms with Crippen LogP contribution in [0, 0.1) is 5.92 Å². The first-order valence-corrected chi connectivity index (χ1v) is 10.2. The van der Waals surface area contributed by atoms with E-state index in [2.05, 4.69) is 17.0 Å². The SMILES string of the molecule is CC1CCN(C(=O)c2cc3nc4c(c(C(F)(F)F)n3n2)CCc2ccccc2-4)CC1. The van der Waals surface area contributed by atoms with E-state index >= 15 is 0 Å². The Hall–Kier alpha value is -2.90. The van der Waals surface area contributed by atoms with Crippen molar-refractivity contribution in [2.24, 2.45) is 5.92 Å². The summed E-state index contributed by atoms with van der Waals surface area (Å²) in [4.78, 5) is 19.1. The summed E-state index contributed by atoms with van der Waals surface area (Å²) in [7, 11) is 0. The first-order chi connectivity index (χ1) is 14.3. The van der Waals surface area contributed by atoms with Crippen molar-refractivity contribution >= 4 is 11.6 Å². The van der Waals surface area contributed by atoms with Crippen molar-refractivity contribution in [2.75, 3.05) is 13.1 Å². The van der Waals surface area contributed by atoms with Crippen LogP contribution < -0.4 is 0 Å². The van der Waals surface area contributed by atoms with Gasteiger partial charge in [0.1, 0.15) is 0 Å². The van der Waals surface area contributed by atoms with Crippen LogP contribution in [-0.2, 0) is 19.0 Å². The summed E-state index contributed by atoms with van der Waals surface area (Å²) in [6, 6.07) is 8.78. The van der Waals surface area contributed by atoms with Gasteiger partial charge in [0.15, 0.2) is 17.0 Å². The predicted molar refractivity (Wildman–Crippen MR) is 105 cm³/mol. The number of hydrogen-bond acceptors (Lipinski definition) is 3. The lowest BCUT2D eigenvalue weighted by atomic mass is 9.88. The number of aromatic nitrogens is 3. The van der Waals surface area contributed by atoms with Gasteiger partial charge in [-0.15, -0.1) is 0 Å².